The third-order valence-electron chi connectivity index (χ3n) is 3.25. The van der Waals surface area contributed by atoms with Gasteiger partial charge in [0.1, 0.15) is 24.5 Å². The van der Waals surface area contributed by atoms with E-state index in [1.807, 2.05) is 6.92 Å². The summed E-state index contributed by atoms with van der Waals surface area (Å²) in [7, 11) is 1.80. The summed E-state index contributed by atoms with van der Waals surface area (Å²) in [6.45, 7) is 2.84. The molecule has 1 heterocycles. The standard InChI is InChI=1S/C15H21N5O2/c1-3-13(14-17-10-18-20(14)2)19-15(21)11-5-4-6-12(9-11)22-8-7-16/h4-6,9-10,13H,3,7-8,16H2,1-2H3,(H,19,21). The second-order valence-corrected chi connectivity index (χ2v) is 4.84. The Kier molecular flexibility index (Phi) is 5.48. The number of hydrogen-bond acceptors (Lipinski definition) is 5. The highest BCUT2D eigenvalue weighted by Crippen LogP contribution is 2.16. The summed E-state index contributed by atoms with van der Waals surface area (Å²) >= 11 is 0. The SMILES string of the molecule is CCC(NC(=O)c1cccc(OCCN)c1)c1ncnn1C. The van der Waals surface area contributed by atoms with E-state index >= 15 is 0 Å². The van der Waals surface area contributed by atoms with Crippen LogP contribution in [0.4, 0.5) is 0 Å². The Bertz CT molecular complexity index is 626. The molecule has 1 unspecified atom stereocenters. The van der Waals surface area contributed by atoms with Crippen molar-refractivity contribution in [3.8, 4) is 5.75 Å². The molecule has 1 aromatic carbocycles. The lowest BCUT2D eigenvalue weighted by Gasteiger charge is -2.16. The predicted octanol–water partition coefficient (Wildman–Crippen LogP) is 1.03. The average Bonchev–Trinajstić information content (AvgIpc) is 2.96. The van der Waals surface area contributed by atoms with Gasteiger partial charge in [0.25, 0.3) is 5.91 Å². The summed E-state index contributed by atoms with van der Waals surface area (Å²) in [6.07, 6.45) is 2.20. The lowest BCUT2D eigenvalue weighted by atomic mass is 10.1. The molecule has 0 aliphatic heterocycles. The second-order valence-electron chi connectivity index (χ2n) is 4.84. The van der Waals surface area contributed by atoms with Crippen molar-refractivity contribution in [3.63, 3.8) is 0 Å². The van der Waals surface area contributed by atoms with Crippen molar-refractivity contribution in [2.75, 3.05) is 13.2 Å². The number of ether oxygens (including phenoxy) is 1. The number of carbonyl (C=O) groups excluding carboxylic acids is 1. The van der Waals surface area contributed by atoms with Gasteiger partial charge in [-0.3, -0.25) is 9.48 Å². The maximum absolute atomic E-state index is 12.4. The minimum absolute atomic E-state index is 0.173. The van der Waals surface area contributed by atoms with Gasteiger partial charge in [-0.15, -0.1) is 0 Å². The Morgan fingerprint density at radius 3 is 2.95 bits per heavy atom. The molecule has 0 aliphatic rings. The van der Waals surface area contributed by atoms with E-state index in [1.54, 1.807) is 36.0 Å². The van der Waals surface area contributed by atoms with Gasteiger partial charge in [-0.05, 0) is 24.6 Å². The smallest absolute Gasteiger partial charge is 0.252 e. The third-order valence-corrected chi connectivity index (χ3v) is 3.25. The molecule has 0 radical (unpaired) electrons. The third kappa shape index (κ3) is 3.82. The molecular weight excluding hydrogens is 282 g/mol. The first-order valence-corrected chi connectivity index (χ1v) is 7.23. The van der Waals surface area contributed by atoms with Crippen LogP contribution in [0.5, 0.6) is 5.75 Å². The van der Waals surface area contributed by atoms with Crippen LogP contribution in [0.1, 0.15) is 35.6 Å². The molecule has 7 nitrogen and oxygen atoms in total. The monoisotopic (exact) mass is 303 g/mol. The molecule has 3 N–H and O–H groups in total. The van der Waals surface area contributed by atoms with E-state index in [9.17, 15) is 4.79 Å². The molecule has 0 aliphatic carbocycles. The molecule has 1 amide bonds. The van der Waals surface area contributed by atoms with E-state index in [0.717, 1.165) is 12.2 Å². The second kappa shape index (κ2) is 7.56. The van der Waals surface area contributed by atoms with Crippen LogP contribution in [0.15, 0.2) is 30.6 Å². The molecule has 118 valence electrons. The maximum Gasteiger partial charge on any atom is 0.252 e. The van der Waals surface area contributed by atoms with E-state index in [2.05, 4.69) is 15.4 Å². The number of nitrogens with zero attached hydrogens (tertiary/aromatic N) is 3. The summed E-state index contributed by atoms with van der Waals surface area (Å²) in [6, 6.07) is 6.84. The summed E-state index contributed by atoms with van der Waals surface area (Å²) < 4.78 is 7.10. The number of hydrogen-bond donors (Lipinski definition) is 2. The van der Waals surface area contributed by atoms with Crippen molar-refractivity contribution in [1.29, 1.82) is 0 Å². The molecule has 2 rings (SSSR count). The molecule has 0 fully saturated rings. The molecule has 0 bridgehead atoms. The van der Waals surface area contributed by atoms with Gasteiger partial charge in [0, 0.05) is 19.2 Å². The first-order valence-electron chi connectivity index (χ1n) is 7.23. The van der Waals surface area contributed by atoms with Gasteiger partial charge >= 0.3 is 0 Å². The summed E-state index contributed by atoms with van der Waals surface area (Å²) in [4.78, 5) is 16.6. The molecule has 0 spiro atoms. The Morgan fingerprint density at radius 2 is 2.32 bits per heavy atom. The summed E-state index contributed by atoms with van der Waals surface area (Å²) in [5.41, 5.74) is 5.94. The van der Waals surface area contributed by atoms with Gasteiger partial charge in [-0.25, -0.2) is 4.98 Å². The maximum atomic E-state index is 12.4. The number of rotatable bonds is 7. The zero-order valence-corrected chi connectivity index (χ0v) is 12.8. The van der Waals surface area contributed by atoms with Gasteiger partial charge in [-0.1, -0.05) is 13.0 Å². The number of aryl methyl sites for hydroxylation is 1. The van der Waals surface area contributed by atoms with Gasteiger partial charge in [0.15, 0.2) is 0 Å². The molecule has 2 aromatic rings. The van der Waals surface area contributed by atoms with E-state index in [4.69, 9.17) is 10.5 Å². The molecule has 0 saturated heterocycles. The number of benzene rings is 1. The molecule has 7 heteroatoms. The van der Waals surface area contributed by atoms with Crippen molar-refractivity contribution < 1.29 is 9.53 Å². The van der Waals surface area contributed by atoms with Crippen LogP contribution in [0.3, 0.4) is 0 Å². The van der Waals surface area contributed by atoms with Crippen LogP contribution in [0, 0.1) is 0 Å². The normalized spacial score (nSPS) is 12.0. The molecule has 1 atom stereocenters. The van der Waals surface area contributed by atoms with E-state index in [-0.39, 0.29) is 11.9 Å². The largest absolute Gasteiger partial charge is 0.492 e. The first kappa shape index (κ1) is 16.0. The van der Waals surface area contributed by atoms with Gasteiger partial charge in [0.05, 0.1) is 6.04 Å². The van der Waals surface area contributed by atoms with E-state index in [0.29, 0.717) is 24.5 Å². The average molecular weight is 303 g/mol. The van der Waals surface area contributed by atoms with Crippen molar-refractivity contribution in [1.82, 2.24) is 20.1 Å². The van der Waals surface area contributed by atoms with Crippen molar-refractivity contribution in [3.05, 3.63) is 42.0 Å². The van der Waals surface area contributed by atoms with Crippen LogP contribution >= 0.6 is 0 Å². The minimum atomic E-state index is -0.186. The van der Waals surface area contributed by atoms with Crippen molar-refractivity contribution in [2.24, 2.45) is 12.8 Å². The fourth-order valence-corrected chi connectivity index (χ4v) is 2.12. The topological polar surface area (TPSA) is 95.1 Å². The number of amides is 1. The number of aromatic nitrogens is 3. The Labute approximate surface area is 129 Å². The molecule has 0 saturated carbocycles. The molecule has 22 heavy (non-hydrogen) atoms. The van der Waals surface area contributed by atoms with Gasteiger partial charge < -0.3 is 15.8 Å². The van der Waals surface area contributed by atoms with Crippen molar-refractivity contribution >= 4 is 5.91 Å². The zero-order valence-electron chi connectivity index (χ0n) is 12.8. The molecular formula is C15H21N5O2. The van der Waals surface area contributed by atoms with Crippen LogP contribution < -0.4 is 15.8 Å². The van der Waals surface area contributed by atoms with Crippen LogP contribution in [0.25, 0.3) is 0 Å². The minimum Gasteiger partial charge on any atom is -0.492 e. The lowest BCUT2D eigenvalue weighted by Crippen LogP contribution is -2.30. The lowest BCUT2D eigenvalue weighted by molar-refractivity contribution is 0.0932. The number of carbonyl (C=O) groups is 1. The van der Waals surface area contributed by atoms with Gasteiger partial charge in [0.2, 0.25) is 0 Å². The van der Waals surface area contributed by atoms with Gasteiger partial charge in [-0.2, -0.15) is 5.10 Å². The highest BCUT2D eigenvalue weighted by molar-refractivity contribution is 5.94. The zero-order chi connectivity index (χ0) is 15.9. The first-order chi connectivity index (χ1) is 10.7. The quantitative estimate of drug-likeness (QED) is 0.796. The number of nitrogens with one attached hydrogen (secondary N) is 1. The predicted molar refractivity (Wildman–Crippen MR) is 82.5 cm³/mol. The highest BCUT2D eigenvalue weighted by Gasteiger charge is 2.18. The fraction of sp³-hybridized carbons (Fsp3) is 0.400. The highest BCUT2D eigenvalue weighted by atomic mass is 16.5. The van der Waals surface area contributed by atoms with E-state index < -0.39 is 0 Å². The summed E-state index contributed by atoms with van der Waals surface area (Å²) in [5, 5.41) is 7.00. The van der Waals surface area contributed by atoms with Crippen LogP contribution in [0.2, 0.25) is 0 Å². The Morgan fingerprint density at radius 1 is 1.50 bits per heavy atom. The van der Waals surface area contributed by atoms with Crippen molar-refractivity contribution in [2.45, 2.75) is 19.4 Å². The molecule has 1 aromatic heterocycles. The Hall–Kier alpha value is -2.41. The van der Waals surface area contributed by atoms with Crippen LogP contribution in [-0.4, -0.2) is 33.8 Å². The summed E-state index contributed by atoms with van der Waals surface area (Å²) in [5.74, 6) is 1.18. The van der Waals surface area contributed by atoms with Crippen LogP contribution in [-0.2, 0) is 7.05 Å². The fourth-order valence-electron chi connectivity index (χ4n) is 2.12. The number of nitrogens with two attached hydrogens (primary N) is 1. The van der Waals surface area contributed by atoms with E-state index in [1.165, 1.54) is 6.33 Å². The Balaban J connectivity index is 2.09.